The summed E-state index contributed by atoms with van der Waals surface area (Å²) in [5.74, 6) is -3.65. The molecule has 1 aromatic heterocycles. The number of amides is 6. The Kier molecular flexibility index (Phi) is 13.3. The average molecular weight is 716 g/mol. The Morgan fingerprint density at radius 1 is 0.885 bits per heavy atom. The van der Waals surface area contributed by atoms with E-state index in [-0.39, 0.29) is 24.6 Å². The highest BCUT2D eigenvalue weighted by atomic mass is 16.4. The molecule has 1 saturated heterocycles. The van der Waals surface area contributed by atoms with Crippen LogP contribution in [0.1, 0.15) is 73.9 Å². The van der Waals surface area contributed by atoms with Gasteiger partial charge >= 0.3 is 0 Å². The molecular formula is C38H49N7O7. The first-order valence-corrected chi connectivity index (χ1v) is 17.5. The normalized spacial score (nSPS) is 22.9. The number of oxazole rings is 1. The summed E-state index contributed by atoms with van der Waals surface area (Å²) in [4.78, 5) is 89.6. The number of hydrogen-bond donors (Lipinski definition) is 4. The lowest BCUT2D eigenvalue weighted by Gasteiger charge is -2.32. The summed E-state index contributed by atoms with van der Waals surface area (Å²) in [5.41, 5.74) is 1.72. The van der Waals surface area contributed by atoms with Crippen molar-refractivity contribution in [2.75, 3.05) is 20.1 Å². The molecule has 278 valence electrons. The number of carbonyl (C=O) groups is 6. The molecule has 0 unspecified atom stereocenters. The van der Waals surface area contributed by atoms with Gasteiger partial charge in [-0.25, -0.2) is 4.98 Å². The molecular weight excluding hydrogens is 666 g/mol. The highest BCUT2D eigenvalue weighted by Gasteiger charge is 2.35. The van der Waals surface area contributed by atoms with E-state index in [0.717, 1.165) is 5.56 Å². The van der Waals surface area contributed by atoms with Crippen LogP contribution in [0.4, 0.5) is 0 Å². The van der Waals surface area contributed by atoms with E-state index >= 15 is 0 Å². The van der Waals surface area contributed by atoms with E-state index in [1.807, 2.05) is 37.3 Å². The molecule has 1 aliphatic heterocycles. The van der Waals surface area contributed by atoms with E-state index in [0.29, 0.717) is 23.6 Å². The van der Waals surface area contributed by atoms with Crippen molar-refractivity contribution >= 4 is 35.4 Å². The molecule has 4 N–H and O–H groups in total. The molecule has 4 rings (SSSR count). The van der Waals surface area contributed by atoms with Gasteiger partial charge in [0.25, 0.3) is 5.91 Å². The van der Waals surface area contributed by atoms with E-state index < -0.39 is 72.2 Å². The Hall–Kier alpha value is -5.53. The first-order chi connectivity index (χ1) is 24.7. The number of nitrogens with zero attached hydrogens (tertiary/aromatic N) is 3. The molecule has 3 aromatic rings. The summed E-state index contributed by atoms with van der Waals surface area (Å²) in [5, 5.41) is 11.2. The molecule has 0 saturated carbocycles. The highest BCUT2D eigenvalue weighted by Crippen LogP contribution is 2.20. The van der Waals surface area contributed by atoms with Gasteiger partial charge in [0.1, 0.15) is 30.7 Å². The largest absolute Gasteiger partial charge is 0.435 e. The maximum absolute atomic E-state index is 14.2. The minimum absolute atomic E-state index is 0.0539. The molecule has 6 amide bonds. The van der Waals surface area contributed by atoms with Gasteiger partial charge in [-0.2, -0.15) is 0 Å². The number of aromatic nitrogens is 1. The molecule has 14 nitrogen and oxygen atoms in total. The van der Waals surface area contributed by atoms with Gasteiger partial charge in [0.05, 0.1) is 11.7 Å². The van der Waals surface area contributed by atoms with Gasteiger partial charge in [-0.3, -0.25) is 28.8 Å². The number of aryl methyl sites for hydroxylation is 2. The van der Waals surface area contributed by atoms with Crippen LogP contribution in [-0.4, -0.2) is 94.5 Å². The fourth-order valence-corrected chi connectivity index (χ4v) is 5.85. The second kappa shape index (κ2) is 17.6. The molecule has 1 aliphatic rings. The monoisotopic (exact) mass is 715 g/mol. The fraction of sp³-hybridized carbons (Fsp3) is 0.447. The standard InChI is InChI=1S/C38H49N7O7/c1-8-31-39-23(4)33(52-31)38(51)45-20-29(27-17-13-10-14-18-27)42-34(47)24(5)40-36(49)32(22(2)3)43-35(48)25(6)44(7)37(50)28(41-30(46)21-45)19-26-15-11-9-12-16-26/h9-18,22,24-25,28-29,32H,8,19-21H2,1-7H3,(H,40,49)(H,41,46)(H,42,47)(H,43,48)/t24-,25-,28-,29-,32+/m0/s1. The Bertz CT molecular complexity index is 1740. The lowest BCUT2D eigenvalue weighted by Crippen LogP contribution is -2.59. The molecule has 14 heteroatoms. The van der Waals surface area contributed by atoms with E-state index in [1.54, 1.807) is 51.1 Å². The van der Waals surface area contributed by atoms with Gasteiger partial charge in [-0.1, -0.05) is 81.4 Å². The van der Waals surface area contributed by atoms with Crippen LogP contribution >= 0.6 is 0 Å². The van der Waals surface area contributed by atoms with Crippen LogP contribution < -0.4 is 21.3 Å². The number of hydrogen-bond acceptors (Lipinski definition) is 8. The highest BCUT2D eigenvalue weighted by molar-refractivity contribution is 5.97. The zero-order valence-corrected chi connectivity index (χ0v) is 30.8. The van der Waals surface area contributed by atoms with Crippen LogP contribution in [-0.2, 0) is 36.8 Å². The van der Waals surface area contributed by atoms with Crippen molar-refractivity contribution in [3.05, 3.63) is 89.1 Å². The van der Waals surface area contributed by atoms with Gasteiger partial charge in [-0.15, -0.1) is 0 Å². The SMILES string of the molecule is CCc1nc(C)c(C(=O)N2CC(=O)N[C@@H](Cc3ccccc3)C(=O)N(C)[C@@H](C)C(=O)N[C@H](C(C)C)C(=O)N[C@@H](C)C(=O)N[C@H](c3ccccc3)C2)o1. The van der Waals surface area contributed by atoms with Crippen LogP contribution in [0.2, 0.25) is 0 Å². The predicted molar refractivity (Wildman–Crippen MR) is 193 cm³/mol. The molecule has 5 atom stereocenters. The van der Waals surface area contributed by atoms with Crippen molar-refractivity contribution in [2.24, 2.45) is 5.92 Å². The summed E-state index contributed by atoms with van der Waals surface area (Å²) in [6, 6.07) is 12.9. The van der Waals surface area contributed by atoms with E-state index in [4.69, 9.17) is 4.42 Å². The quantitative estimate of drug-likeness (QED) is 0.299. The average Bonchev–Trinajstić information content (AvgIpc) is 3.51. The summed E-state index contributed by atoms with van der Waals surface area (Å²) in [7, 11) is 1.45. The molecule has 0 spiro atoms. The third-order valence-electron chi connectivity index (χ3n) is 9.10. The summed E-state index contributed by atoms with van der Waals surface area (Å²) in [6.45, 7) is 9.31. The van der Waals surface area contributed by atoms with E-state index in [2.05, 4.69) is 26.3 Å². The Morgan fingerprint density at radius 2 is 1.52 bits per heavy atom. The fourth-order valence-electron chi connectivity index (χ4n) is 5.85. The molecule has 2 heterocycles. The Labute approximate surface area is 304 Å². The van der Waals surface area contributed by atoms with Crippen molar-refractivity contribution in [3.63, 3.8) is 0 Å². The van der Waals surface area contributed by atoms with Gasteiger partial charge < -0.3 is 35.5 Å². The van der Waals surface area contributed by atoms with Crippen LogP contribution in [0.15, 0.2) is 65.1 Å². The lowest BCUT2D eigenvalue weighted by molar-refractivity contribution is -0.142. The minimum atomic E-state index is -1.13. The van der Waals surface area contributed by atoms with Gasteiger partial charge in [0, 0.05) is 26.4 Å². The minimum Gasteiger partial charge on any atom is -0.435 e. The summed E-state index contributed by atoms with van der Waals surface area (Å²) < 4.78 is 5.79. The maximum atomic E-state index is 14.2. The summed E-state index contributed by atoms with van der Waals surface area (Å²) in [6.07, 6.45) is 0.530. The molecule has 0 bridgehead atoms. The molecule has 0 radical (unpaired) electrons. The Morgan fingerprint density at radius 3 is 2.12 bits per heavy atom. The summed E-state index contributed by atoms with van der Waals surface area (Å²) >= 11 is 0. The Balaban J connectivity index is 1.80. The van der Waals surface area contributed by atoms with Crippen molar-refractivity contribution in [1.82, 2.24) is 36.1 Å². The van der Waals surface area contributed by atoms with Crippen LogP contribution in [0, 0.1) is 12.8 Å². The second-order valence-electron chi connectivity index (χ2n) is 13.4. The number of likely N-dealkylation sites (N-methyl/N-ethyl adjacent to an activating group) is 1. The van der Waals surface area contributed by atoms with Crippen molar-refractivity contribution in [1.29, 1.82) is 0 Å². The topological polar surface area (TPSA) is 183 Å². The third kappa shape index (κ3) is 9.83. The van der Waals surface area contributed by atoms with Crippen molar-refractivity contribution in [2.45, 2.75) is 84.6 Å². The second-order valence-corrected chi connectivity index (χ2v) is 13.4. The molecule has 0 aliphatic carbocycles. The van der Waals surface area contributed by atoms with Crippen LogP contribution in [0.25, 0.3) is 0 Å². The predicted octanol–water partition coefficient (Wildman–Crippen LogP) is 2.08. The van der Waals surface area contributed by atoms with Crippen LogP contribution in [0.3, 0.4) is 0 Å². The van der Waals surface area contributed by atoms with Gasteiger partial charge in [-0.05, 0) is 37.8 Å². The van der Waals surface area contributed by atoms with Gasteiger partial charge in [0.2, 0.25) is 35.3 Å². The maximum Gasteiger partial charge on any atom is 0.292 e. The zero-order valence-electron chi connectivity index (χ0n) is 30.8. The van der Waals surface area contributed by atoms with Gasteiger partial charge in [0.15, 0.2) is 5.89 Å². The zero-order chi connectivity index (χ0) is 38.1. The number of nitrogens with one attached hydrogen (secondary N) is 4. The van der Waals surface area contributed by atoms with Crippen molar-refractivity contribution < 1.29 is 33.2 Å². The molecule has 2 aromatic carbocycles. The first-order valence-electron chi connectivity index (χ1n) is 17.5. The van der Waals surface area contributed by atoms with Crippen molar-refractivity contribution in [3.8, 4) is 0 Å². The molecule has 52 heavy (non-hydrogen) atoms. The number of benzene rings is 2. The lowest BCUT2D eigenvalue weighted by atomic mass is 10.0. The number of rotatable bonds is 6. The molecule has 1 fully saturated rings. The van der Waals surface area contributed by atoms with E-state index in [1.165, 1.54) is 30.7 Å². The number of carbonyl (C=O) groups excluding carboxylic acids is 6. The smallest absolute Gasteiger partial charge is 0.292 e. The first kappa shape index (κ1) is 39.3. The van der Waals surface area contributed by atoms with E-state index in [9.17, 15) is 28.8 Å². The third-order valence-corrected chi connectivity index (χ3v) is 9.10. The van der Waals surface area contributed by atoms with Crippen LogP contribution in [0.5, 0.6) is 0 Å².